The Balaban J connectivity index is 1.70. The third-order valence-electron chi connectivity index (χ3n) is 5.65. The standard InChI is InChI=1S/C25H23ClN6O/c1-2-3-4-7-14-31-16-27-23-21(25(31)33)22-24(30-20-9-6-5-8-19(20)29-22)32(23)28-15-17-10-12-18(26)13-11-17/h5-6,8-13,15-16H,2-4,7,14H2,1H3/b28-15+. The number of nitrogens with zero attached hydrogens (tertiary/aromatic N) is 6. The molecule has 33 heavy (non-hydrogen) atoms. The van der Waals surface area contributed by atoms with Crippen LogP contribution >= 0.6 is 11.6 Å². The fourth-order valence-corrected chi connectivity index (χ4v) is 4.03. The highest BCUT2D eigenvalue weighted by molar-refractivity contribution is 6.30. The molecule has 5 aromatic rings. The summed E-state index contributed by atoms with van der Waals surface area (Å²) < 4.78 is 3.27. The van der Waals surface area contributed by atoms with Crippen LogP contribution in [0.25, 0.3) is 33.2 Å². The highest BCUT2D eigenvalue weighted by Crippen LogP contribution is 2.25. The van der Waals surface area contributed by atoms with Gasteiger partial charge < -0.3 is 0 Å². The normalized spacial score (nSPS) is 11.9. The minimum atomic E-state index is -0.119. The molecule has 0 aliphatic carbocycles. The van der Waals surface area contributed by atoms with Crippen molar-refractivity contribution in [1.29, 1.82) is 0 Å². The second kappa shape index (κ2) is 9.11. The van der Waals surface area contributed by atoms with Crippen LogP contribution in [0.4, 0.5) is 0 Å². The maximum Gasteiger partial charge on any atom is 0.265 e. The second-order valence-electron chi connectivity index (χ2n) is 7.99. The summed E-state index contributed by atoms with van der Waals surface area (Å²) in [7, 11) is 0. The number of rotatable bonds is 7. The number of hydrogen-bond donors (Lipinski definition) is 0. The Morgan fingerprint density at radius 2 is 1.73 bits per heavy atom. The first-order valence-corrected chi connectivity index (χ1v) is 11.5. The summed E-state index contributed by atoms with van der Waals surface area (Å²) in [6, 6.07) is 15.0. The van der Waals surface area contributed by atoms with Crippen molar-refractivity contribution in [2.24, 2.45) is 5.10 Å². The van der Waals surface area contributed by atoms with Crippen molar-refractivity contribution in [1.82, 2.24) is 24.2 Å². The lowest BCUT2D eigenvalue weighted by atomic mass is 10.2. The van der Waals surface area contributed by atoms with Crippen molar-refractivity contribution in [2.45, 2.75) is 39.2 Å². The van der Waals surface area contributed by atoms with Crippen LogP contribution in [-0.2, 0) is 6.54 Å². The van der Waals surface area contributed by atoms with Gasteiger partial charge in [-0.15, -0.1) is 0 Å². The Labute approximate surface area is 195 Å². The molecule has 0 amide bonds. The first kappa shape index (κ1) is 21.3. The van der Waals surface area contributed by atoms with Crippen LogP contribution < -0.4 is 5.56 Å². The fraction of sp³-hybridized carbons (Fsp3) is 0.240. The average molecular weight is 459 g/mol. The molecule has 5 rings (SSSR count). The zero-order chi connectivity index (χ0) is 22.8. The zero-order valence-corrected chi connectivity index (χ0v) is 19.0. The molecule has 166 valence electrons. The van der Waals surface area contributed by atoms with Crippen LogP contribution in [0, 0.1) is 0 Å². The molecule has 0 atom stereocenters. The lowest BCUT2D eigenvalue weighted by Gasteiger charge is -2.05. The maximum absolute atomic E-state index is 13.4. The van der Waals surface area contributed by atoms with Crippen molar-refractivity contribution in [3.8, 4) is 0 Å². The third kappa shape index (κ3) is 4.12. The van der Waals surface area contributed by atoms with Crippen LogP contribution in [0.1, 0.15) is 38.2 Å². The quantitative estimate of drug-likeness (QED) is 0.241. The van der Waals surface area contributed by atoms with E-state index >= 15 is 0 Å². The Hall–Kier alpha value is -3.58. The number of aromatic nitrogens is 5. The van der Waals surface area contributed by atoms with E-state index in [2.05, 4.69) is 17.0 Å². The van der Waals surface area contributed by atoms with E-state index in [1.165, 1.54) is 0 Å². The van der Waals surface area contributed by atoms with Crippen molar-refractivity contribution < 1.29 is 0 Å². The Morgan fingerprint density at radius 3 is 2.48 bits per heavy atom. The zero-order valence-electron chi connectivity index (χ0n) is 18.3. The van der Waals surface area contributed by atoms with Crippen LogP contribution in [-0.4, -0.2) is 30.4 Å². The molecule has 8 heteroatoms. The molecule has 0 fully saturated rings. The number of aryl methyl sites for hydroxylation is 1. The Bertz CT molecular complexity index is 1530. The first-order chi connectivity index (χ1) is 16.2. The smallest absolute Gasteiger partial charge is 0.265 e. The minimum absolute atomic E-state index is 0.119. The minimum Gasteiger partial charge on any atom is -0.299 e. The van der Waals surface area contributed by atoms with Gasteiger partial charge in [-0.2, -0.15) is 9.78 Å². The van der Waals surface area contributed by atoms with E-state index in [-0.39, 0.29) is 5.56 Å². The lowest BCUT2D eigenvalue weighted by Crippen LogP contribution is -2.20. The lowest BCUT2D eigenvalue weighted by molar-refractivity contribution is 0.567. The number of hydrogen-bond acceptors (Lipinski definition) is 5. The van der Waals surface area contributed by atoms with Gasteiger partial charge in [0.1, 0.15) is 10.9 Å². The van der Waals surface area contributed by atoms with E-state index in [0.717, 1.165) is 42.3 Å². The monoisotopic (exact) mass is 458 g/mol. The third-order valence-corrected chi connectivity index (χ3v) is 5.90. The van der Waals surface area contributed by atoms with E-state index in [0.29, 0.717) is 33.8 Å². The van der Waals surface area contributed by atoms with Crippen molar-refractivity contribution in [3.05, 3.63) is 75.8 Å². The van der Waals surface area contributed by atoms with E-state index in [1.807, 2.05) is 36.4 Å². The van der Waals surface area contributed by atoms with Gasteiger partial charge >= 0.3 is 0 Å². The molecule has 0 aliphatic rings. The van der Waals surface area contributed by atoms with Gasteiger partial charge in [-0.3, -0.25) is 9.36 Å². The molecule has 0 N–H and O–H groups in total. The van der Waals surface area contributed by atoms with Crippen LogP contribution in [0.5, 0.6) is 0 Å². The Morgan fingerprint density at radius 1 is 0.970 bits per heavy atom. The van der Waals surface area contributed by atoms with Gasteiger partial charge in [0, 0.05) is 11.6 Å². The molecule has 0 unspecified atom stereocenters. The summed E-state index contributed by atoms with van der Waals surface area (Å²) in [5, 5.41) is 5.72. The van der Waals surface area contributed by atoms with E-state index in [4.69, 9.17) is 21.6 Å². The number of para-hydroxylation sites is 2. The van der Waals surface area contributed by atoms with E-state index in [1.54, 1.807) is 33.9 Å². The summed E-state index contributed by atoms with van der Waals surface area (Å²) in [5.41, 5.74) is 3.66. The van der Waals surface area contributed by atoms with Gasteiger partial charge in [0.15, 0.2) is 11.3 Å². The van der Waals surface area contributed by atoms with E-state index in [9.17, 15) is 4.79 Å². The van der Waals surface area contributed by atoms with Crippen LogP contribution in [0.2, 0.25) is 5.02 Å². The molecular weight excluding hydrogens is 436 g/mol. The van der Waals surface area contributed by atoms with Gasteiger partial charge in [-0.25, -0.2) is 15.0 Å². The molecule has 0 bridgehead atoms. The molecule has 3 aromatic heterocycles. The second-order valence-corrected chi connectivity index (χ2v) is 8.43. The average Bonchev–Trinajstić information content (AvgIpc) is 3.14. The molecule has 2 aromatic carbocycles. The summed E-state index contributed by atoms with van der Waals surface area (Å²) in [5.74, 6) is 0. The number of halogens is 1. The Kier molecular flexibility index (Phi) is 5.88. The highest BCUT2D eigenvalue weighted by atomic mass is 35.5. The van der Waals surface area contributed by atoms with Crippen molar-refractivity contribution >= 4 is 51.0 Å². The summed E-state index contributed by atoms with van der Waals surface area (Å²) in [6.45, 7) is 2.80. The molecule has 3 heterocycles. The molecule has 7 nitrogen and oxygen atoms in total. The summed E-state index contributed by atoms with van der Waals surface area (Å²) in [6.07, 6.45) is 7.61. The predicted molar refractivity (Wildman–Crippen MR) is 133 cm³/mol. The van der Waals surface area contributed by atoms with Gasteiger partial charge in [-0.1, -0.05) is 62.1 Å². The van der Waals surface area contributed by atoms with Gasteiger partial charge in [0.25, 0.3) is 5.56 Å². The molecular formula is C25H23ClN6O. The van der Waals surface area contributed by atoms with E-state index < -0.39 is 0 Å². The largest absolute Gasteiger partial charge is 0.299 e. The van der Waals surface area contributed by atoms with Gasteiger partial charge in [0.05, 0.1) is 23.6 Å². The van der Waals surface area contributed by atoms with Crippen LogP contribution in [0.3, 0.4) is 0 Å². The van der Waals surface area contributed by atoms with Gasteiger partial charge in [-0.05, 0) is 36.2 Å². The molecule has 0 aliphatic heterocycles. The molecule has 0 saturated carbocycles. The van der Waals surface area contributed by atoms with Gasteiger partial charge in [0.2, 0.25) is 0 Å². The number of unbranched alkanes of at least 4 members (excludes halogenated alkanes) is 3. The van der Waals surface area contributed by atoms with Crippen molar-refractivity contribution in [3.63, 3.8) is 0 Å². The summed E-state index contributed by atoms with van der Waals surface area (Å²) in [4.78, 5) is 27.6. The topological polar surface area (TPSA) is 78.0 Å². The SMILES string of the molecule is CCCCCCn1cnc2c(c1=O)c1nc3ccccc3nc1n2/N=C/c1ccc(Cl)cc1. The summed E-state index contributed by atoms with van der Waals surface area (Å²) >= 11 is 5.99. The van der Waals surface area contributed by atoms with Crippen LogP contribution in [0.15, 0.2) is 64.8 Å². The van der Waals surface area contributed by atoms with Crippen molar-refractivity contribution in [2.75, 3.05) is 0 Å². The predicted octanol–water partition coefficient (Wildman–Crippen LogP) is 5.41. The molecule has 0 radical (unpaired) electrons. The highest BCUT2D eigenvalue weighted by Gasteiger charge is 2.19. The number of benzene rings is 2. The molecule has 0 spiro atoms. The number of fused-ring (bicyclic) bond motifs is 4. The maximum atomic E-state index is 13.4. The molecule has 0 saturated heterocycles. The fourth-order valence-electron chi connectivity index (χ4n) is 3.91. The first-order valence-electron chi connectivity index (χ1n) is 11.1.